The van der Waals surface area contributed by atoms with E-state index in [9.17, 15) is 8.42 Å². The van der Waals surface area contributed by atoms with E-state index in [2.05, 4.69) is 5.10 Å². The Labute approximate surface area is 89.2 Å². The van der Waals surface area contributed by atoms with Crippen LogP contribution in [0.25, 0.3) is 0 Å². The Bertz CT molecular complexity index is 490. The lowest BCUT2D eigenvalue weighted by Crippen LogP contribution is -2.14. The zero-order chi connectivity index (χ0) is 11.2. The third kappa shape index (κ3) is 1.73. The number of hydrogen-bond acceptors (Lipinski definition) is 4. The van der Waals surface area contributed by atoms with Crippen LogP contribution in [0.1, 0.15) is 23.9 Å². The molecule has 0 aliphatic carbocycles. The Morgan fingerprint density at radius 1 is 1.47 bits per heavy atom. The van der Waals surface area contributed by atoms with Gasteiger partial charge in [0.1, 0.15) is 0 Å². The van der Waals surface area contributed by atoms with E-state index in [0.717, 1.165) is 11.4 Å². The van der Waals surface area contributed by atoms with Crippen LogP contribution in [0.5, 0.6) is 0 Å². The highest BCUT2D eigenvalue weighted by atomic mass is 32.2. The van der Waals surface area contributed by atoms with Gasteiger partial charge in [-0.2, -0.15) is 5.10 Å². The van der Waals surface area contributed by atoms with E-state index in [1.165, 1.54) is 0 Å². The summed E-state index contributed by atoms with van der Waals surface area (Å²) in [4.78, 5) is 0. The number of aromatic nitrogens is 2. The maximum Gasteiger partial charge on any atom is 0.152 e. The fourth-order valence-corrected chi connectivity index (χ4v) is 3.69. The first-order valence-corrected chi connectivity index (χ1v) is 6.74. The van der Waals surface area contributed by atoms with Gasteiger partial charge in [0.25, 0.3) is 0 Å². The molecule has 2 rings (SSSR count). The van der Waals surface area contributed by atoms with Gasteiger partial charge in [0, 0.05) is 0 Å². The van der Waals surface area contributed by atoms with E-state index in [0.29, 0.717) is 12.1 Å². The second kappa shape index (κ2) is 3.23. The minimum Gasteiger partial charge on any atom is -0.396 e. The van der Waals surface area contributed by atoms with Gasteiger partial charge in [-0.05, 0) is 20.3 Å². The van der Waals surface area contributed by atoms with Crippen LogP contribution in [0, 0.1) is 13.8 Å². The molecule has 5 nitrogen and oxygen atoms in total. The van der Waals surface area contributed by atoms with Gasteiger partial charge < -0.3 is 5.73 Å². The maximum absolute atomic E-state index is 11.3. The molecule has 0 amide bonds. The second-order valence-electron chi connectivity index (χ2n) is 4.09. The number of nitrogen functional groups attached to an aromatic ring is 1. The molecule has 6 heteroatoms. The van der Waals surface area contributed by atoms with Crippen molar-refractivity contribution in [2.45, 2.75) is 26.3 Å². The largest absolute Gasteiger partial charge is 0.396 e. The average Bonchev–Trinajstić information content (AvgIpc) is 2.62. The van der Waals surface area contributed by atoms with Gasteiger partial charge >= 0.3 is 0 Å². The van der Waals surface area contributed by atoms with Gasteiger partial charge in [-0.3, -0.25) is 4.68 Å². The molecule has 1 fully saturated rings. The van der Waals surface area contributed by atoms with Crippen LogP contribution in [0.15, 0.2) is 0 Å². The maximum atomic E-state index is 11.3. The first-order valence-electron chi connectivity index (χ1n) is 4.92. The van der Waals surface area contributed by atoms with E-state index in [4.69, 9.17) is 5.73 Å². The molecule has 0 bridgehead atoms. The number of nitrogens with zero attached hydrogens (tertiary/aromatic N) is 2. The molecule has 84 valence electrons. The fourth-order valence-electron chi connectivity index (χ4n) is 2.00. The standard InChI is InChI=1S/C9H15N3O2S/c1-6-9(10)7(2)12(11-6)8-3-4-15(13,14)5-8/h8H,3-5,10H2,1-2H3/t8-/m0/s1. The van der Waals surface area contributed by atoms with Crippen molar-refractivity contribution in [3.8, 4) is 0 Å². The molecule has 1 aliphatic heterocycles. The minimum atomic E-state index is -2.87. The molecule has 1 aliphatic rings. The molecule has 1 saturated heterocycles. The molecular weight excluding hydrogens is 214 g/mol. The molecule has 1 aromatic heterocycles. The van der Waals surface area contributed by atoms with Gasteiger partial charge in [0.05, 0.1) is 34.6 Å². The quantitative estimate of drug-likeness (QED) is 0.758. The second-order valence-corrected chi connectivity index (χ2v) is 6.31. The van der Waals surface area contributed by atoms with Crippen molar-refractivity contribution < 1.29 is 8.42 Å². The Morgan fingerprint density at radius 2 is 2.13 bits per heavy atom. The van der Waals surface area contributed by atoms with Crippen LogP contribution in [0.2, 0.25) is 0 Å². The molecule has 2 heterocycles. The van der Waals surface area contributed by atoms with Gasteiger partial charge in [-0.1, -0.05) is 0 Å². The molecule has 0 saturated carbocycles. The van der Waals surface area contributed by atoms with E-state index in [-0.39, 0.29) is 17.5 Å². The third-order valence-corrected chi connectivity index (χ3v) is 4.69. The number of anilines is 1. The van der Waals surface area contributed by atoms with Gasteiger partial charge in [0.15, 0.2) is 9.84 Å². The number of aryl methyl sites for hydroxylation is 1. The molecule has 0 spiro atoms. The normalized spacial score (nSPS) is 24.5. The third-order valence-electron chi connectivity index (χ3n) is 2.94. The van der Waals surface area contributed by atoms with Crippen molar-refractivity contribution in [3.63, 3.8) is 0 Å². The minimum absolute atomic E-state index is 0.0361. The van der Waals surface area contributed by atoms with Crippen LogP contribution >= 0.6 is 0 Å². The molecule has 0 aromatic carbocycles. The summed E-state index contributed by atoms with van der Waals surface area (Å²) in [5.41, 5.74) is 8.12. The summed E-state index contributed by atoms with van der Waals surface area (Å²) in [6, 6.07) is -0.0361. The first kappa shape index (κ1) is 10.5. The van der Waals surface area contributed by atoms with Crippen molar-refractivity contribution in [2.75, 3.05) is 17.2 Å². The Morgan fingerprint density at radius 3 is 2.53 bits per heavy atom. The van der Waals surface area contributed by atoms with E-state index >= 15 is 0 Å². The summed E-state index contributed by atoms with van der Waals surface area (Å²) in [7, 11) is -2.87. The molecule has 0 unspecified atom stereocenters. The van der Waals surface area contributed by atoms with Crippen LogP contribution in [0.4, 0.5) is 5.69 Å². The number of hydrogen-bond donors (Lipinski definition) is 1. The first-order chi connectivity index (χ1) is 6.91. The molecule has 1 atom stereocenters. The lowest BCUT2D eigenvalue weighted by molar-refractivity contribution is 0.486. The van der Waals surface area contributed by atoms with Crippen molar-refractivity contribution in [3.05, 3.63) is 11.4 Å². The lowest BCUT2D eigenvalue weighted by atomic mass is 10.2. The van der Waals surface area contributed by atoms with Crippen molar-refractivity contribution in [1.82, 2.24) is 9.78 Å². The van der Waals surface area contributed by atoms with E-state index in [1.807, 2.05) is 13.8 Å². The number of nitrogens with two attached hydrogens (primary N) is 1. The predicted octanol–water partition coefficient (Wildman–Crippen LogP) is 0.442. The van der Waals surface area contributed by atoms with Crippen LogP contribution in [-0.4, -0.2) is 29.7 Å². The van der Waals surface area contributed by atoms with Crippen molar-refractivity contribution >= 4 is 15.5 Å². The molecule has 0 radical (unpaired) electrons. The summed E-state index contributed by atoms with van der Waals surface area (Å²) in [6.07, 6.45) is 0.643. The van der Waals surface area contributed by atoms with E-state index in [1.54, 1.807) is 4.68 Å². The molecule has 2 N–H and O–H groups in total. The number of rotatable bonds is 1. The van der Waals surface area contributed by atoms with Gasteiger partial charge in [-0.15, -0.1) is 0 Å². The Balaban J connectivity index is 2.36. The fraction of sp³-hybridized carbons (Fsp3) is 0.667. The average molecular weight is 229 g/mol. The zero-order valence-corrected chi connectivity index (χ0v) is 9.71. The molecule has 1 aromatic rings. The monoisotopic (exact) mass is 229 g/mol. The highest BCUT2D eigenvalue weighted by Gasteiger charge is 2.31. The summed E-state index contributed by atoms with van der Waals surface area (Å²) in [6.45, 7) is 3.71. The summed E-state index contributed by atoms with van der Waals surface area (Å²) < 4.78 is 24.4. The SMILES string of the molecule is Cc1nn([C@H]2CCS(=O)(=O)C2)c(C)c1N. The summed E-state index contributed by atoms with van der Waals surface area (Å²) in [5.74, 6) is 0.449. The number of sulfone groups is 1. The van der Waals surface area contributed by atoms with Crippen molar-refractivity contribution in [2.24, 2.45) is 0 Å². The highest BCUT2D eigenvalue weighted by Crippen LogP contribution is 2.27. The summed E-state index contributed by atoms with van der Waals surface area (Å²) >= 11 is 0. The molecule has 15 heavy (non-hydrogen) atoms. The van der Waals surface area contributed by atoms with Crippen LogP contribution < -0.4 is 5.73 Å². The Kier molecular flexibility index (Phi) is 2.26. The lowest BCUT2D eigenvalue weighted by Gasteiger charge is -2.10. The molecular formula is C9H15N3O2S. The predicted molar refractivity (Wildman–Crippen MR) is 58.4 cm³/mol. The van der Waals surface area contributed by atoms with Crippen molar-refractivity contribution in [1.29, 1.82) is 0 Å². The van der Waals surface area contributed by atoms with Crippen LogP contribution in [-0.2, 0) is 9.84 Å². The Hall–Kier alpha value is -1.04. The topological polar surface area (TPSA) is 78.0 Å². The van der Waals surface area contributed by atoms with Gasteiger partial charge in [-0.25, -0.2) is 8.42 Å². The summed E-state index contributed by atoms with van der Waals surface area (Å²) in [5, 5.41) is 4.28. The van der Waals surface area contributed by atoms with Crippen LogP contribution in [0.3, 0.4) is 0 Å². The zero-order valence-electron chi connectivity index (χ0n) is 8.90. The highest BCUT2D eigenvalue weighted by molar-refractivity contribution is 7.91. The van der Waals surface area contributed by atoms with E-state index < -0.39 is 9.84 Å². The van der Waals surface area contributed by atoms with Gasteiger partial charge in [0.2, 0.25) is 0 Å². The smallest absolute Gasteiger partial charge is 0.152 e.